The number of piperidine rings is 1. The molecule has 0 bridgehead atoms. The van der Waals surface area contributed by atoms with E-state index in [1.165, 1.54) is 4.90 Å². The van der Waals surface area contributed by atoms with E-state index in [-0.39, 0.29) is 11.7 Å². The Morgan fingerprint density at radius 1 is 1.46 bits per heavy atom. The van der Waals surface area contributed by atoms with Gasteiger partial charge in [-0.25, -0.2) is 9.00 Å². The topological polar surface area (TPSA) is 77.8 Å². The van der Waals surface area contributed by atoms with Crippen molar-refractivity contribution in [3.8, 4) is 0 Å². The van der Waals surface area contributed by atoms with Crippen molar-refractivity contribution in [3.05, 3.63) is 0 Å². The van der Waals surface area contributed by atoms with Crippen molar-refractivity contribution in [2.45, 2.75) is 12.8 Å². The van der Waals surface area contributed by atoms with Crippen LogP contribution in [0.2, 0.25) is 0 Å². The first kappa shape index (κ1) is 10.5. The Morgan fingerprint density at radius 3 is 2.38 bits per heavy atom. The van der Waals surface area contributed by atoms with Gasteiger partial charge < -0.3 is 14.6 Å². The summed E-state index contributed by atoms with van der Waals surface area (Å²) in [7, 11) is 0. The lowest BCUT2D eigenvalue weighted by molar-refractivity contribution is 0.127. The van der Waals surface area contributed by atoms with Crippen LogP contribution in [0.4, 0.5) is 4.79 Å². The third-order valence-electron chi connectivity index (χ3n) is 2.26. The first-order valence-electron chi connectivity index (χ1n) is 4.15. The Bertz CT molecular complexity index is 213. The van der Waals surface area contributed by atoms with Crippen molar-refractivity contribution < 1.29 is 18.7 Å². The summed E-state index contributed by atoms with van der Waals surface area (Å²) < 4.78 is 19.1. The molecule has 1 fully saturated rings. The monoisotopic (exact) mass is 207 g/mol. The summed E-state index contributed by atoms with van der Waals surface area (Å²) in [5.41, 5.74) is 0. The van der Waals surface area contributed by atoms with Crippen molar-refractivity contribution in [1.29, 1.82) is 0 Å². The third-order valence-corrected chi connectivity index (χ3v) is 3.02. The van der Waals surface area contributed by atoms with Crippen LogP contribution in [0.5, 0.6) is 0 Å². The molecule has 1 unspecified atom stereocenters. The first-order chi connectivity index (χ1) is 6.09. The number of hydrogen-bond donors (Lipinski definition) is 2. The van der Waals surface area contributed by atoms with Gasteiger partial charge in [-0.15, -0.1) is 0 Å². The zero-order valence-electron chi connectivity index (χ0n) is 7.18. The van der Waals surface area contributed by atoms with Crippen LogP contribution in [0.3, 0.4) is 0 Å². The van der Waals surface area contributed by atoms with Gasteiger partial charge in [0, 0.05) is 13.1 Å². The van der Waals surface area contributed by atoms with Gasteiger partial charge in [0.15, 0.2) is 11.1 Å². The third kappa shape index (κ3) is 3.31. The quantitative estimate of drug-likeness (QED) is 0.650. The average Bonchev–Trinajstić information content (AvgIpc) is 2.04. The number of nitrogens with zero attached hydrogens (tertiary/aromatic N) is 1. The van der Waals surface area contributed by atoms with E-state index in [9.17, 15) is 9.00 Å². The molecule has 1 heterocycles. The van der Waals surface area contributed by atoms with Crippen LogP contribution < -0.4 is 0 Å². The molecule has 1 amide bonds. The molecule has 76 valence electrons. The predicted octanol–water partition coefficient (Wildman–Crippen LogP) is 0.598. The molecule has 5 nitrogen and oxygen atoms in total. The Hall–Kier alpha value is -0.620. The second-order valence-corrected chi connectivity index (χ2v) is 4.18. The number of carbonyl (C=O) groups is 1. The van der Waals surface area contributed by atoms with Gasteiger partial charge in [-0.1, -0.05) is 0 Å². The molecular weight excluding hydrogens is 194 g/mol. The zero-order valence-corrected chi connectivity index (χ0v) is 8.00. The highest BCUT2D eigenvalue weighted by Gasteiger charge is 2.22. The summed E-state index contributed by atoms with van der Waals surface area (Å²) >= 11 is -1.75. The number of rotatable bonds is 2. The largest absolute Gasteiger partial charge is 0.465 e. The maximum Gasteiger partial charge on any atom is 0.407 e. The van der Waals surface area contributed by atoms with E-state index in [1.807, 2.05) is 0 Å². The molecule has 2 N–H and O–H groups in total. The molecule has 1 atom stereocenters. The maximum absolute atomic E-state index is 10.5. The molecule has 0 radical (unpaired) electrons. The second kappa shape index (κ2) is 4.57. The van der Waals surface area contributed by atoms with Gasteiger partial charge in [0.05, 0.1) is 5.75 Å². The highest BCUT2D eigenvalue weighted by Crippen LogP contribution is 2.17. The Kier molecular flexibility index (Phi) is 3.68. The molecule has 1 rings (SSSR count). The van der Waals surface area contributed by atoms with E-state index >= 15 is 0 Å². The van der Waals surface area contributed by atoms with Crippen LogP contribution in [0.25, 0.3) is 0 Å². The first-order valence-corrected chi connectivity index (χ1v) is 5.42. The zero-order chi connectivity index (χ0) is 9.84. The summed E-state index contributed by atoms with van der Waals surface area (Å²) in [6, 6.07) is 0. The van der Waals surface area contributed by atoms with Crippen molar-refractivity contribution in [2.75, 3.05) is 18.8 Å². The van der Waals surface area contributed by atoms with Crippen molar-refractivity contribution in [3.63, 3.8) is 0 Å². The van der Waals surface area contributed by atoms with Gasteiger partial charge >= 0.3 is 6.09 Å². The van der Waals surface area contributed by atoms with E-state index in [0.717, 1.165) is 0 Å². The summed E-state index contributed by atoms with van der Waals surface area (Å²) in [4.78, 5) is 11.8. The van der Waals surface area contributed by atoms with E-state index in [1.54, 1.807) is 0 Å². The smallest absolute Gasteiger partial charge is 0.407 e. The number of likely N-dealkylation sites (tertiary alicyclic amines) is 1. The van der Waals surface area contributed by atoms with Gasteiger partial charge in [-0.2, -0.15) is 0 Å². The Balaban J connectivity index is 2.30. The molecule has 0 aliphatic carbocycles. The van der Waals surface area contributed by atoms with Crippen LogP contribution in [-0.2, 0) is 11.1 Å². The number of amides is 1. The average molecular weight is 207 g/mol. The van der Waals surface area contributed by atoms with Crippen molar-refractivity contribution in [1.82, 2.24) is 4.90 Å². The molecule has 6 heteroatoms. The van der Waals surface area contributed by atoms with Gasteiger partial charge in [0.25, 0.3) is 0 Å². The van der Waals surface area contributed by atoms with Crippen LogP contribution in [-0.4, -0.2) is 43.7 Å². The van der Waals surface area contributed by atoms with Crippen molar-refractivity contribution >= 4 is 17.2 Å². The SMILES string of the molecule is O=C(O)N1CCC(CS(=O)O)CC1. The molecule has 0 saturated carbocycles. The lowest BCUT2D eigenvalue weighted by atomic mass is 9.99. The lowest BCUT2D eigenvalue weighted by Crippen LogP contribution is -2.38. The molecule has 0 aromatic heterocycles. The molecule has 0 aromatic rings. The minimum atomic E-state index is -1.75. The van der Waals surface area contributed by atoms with Gasteiger partial charge in [0.1, 0.15) is 0 Å². The summed E-state index contributed by atoms with van der Waals surface area (Å²) in [5, 5.41) is 8.62. The minimum Gasteiger partial charge on any atom is -0.465 e. The van der Waals surface area contributed by atoms with Gasteiger partial charge in [-0.05, 0) is 18.8 Å². The van der Waals surface area contributed by atoms with Crippen LogP contribution in [0, 0.1) is 5.92 Å². The molecule has 1 aliphatic rings. The van der Waals surface area contributed by atoms with Crippen LogP contribution in [0.15, 0.2) is 0 Å². The summed E-state index contributed by atoms with van der Waals surface area (Å²) in [6.45, 7) is 0.967. The summed E-state index contributed by atoms with van der Waals surface area (Å²) in [6.07, 6.45) is 0.487. The molecule has 0 aromatic carbocycles. The fourth-order valence-corrected chi connectivity index (χ4v) is 2.23. The normalized spacial score (nSPS) is 21.5. The van der Waals surface area contributed by atoms with Gasteiger partial charge in [-0.3, -0.25) is 0 Å². The van der Waals surface area contributed by atoms with E-state index in [4.69, 9.17) is 9.66 Å². The predicted molar refractivity (Wildman–Crippen MR) is 48.0 cm³/mol. The van der Waals surface area contributed by atoms with Crippen molar-refractivity contribution in [2.24, 2.45) is 5.92 Å². The highest BCUT2D eigenvalue weighted by molar-refractivity contribution is 7.79. The maximum atomic E-state index is 10.5. The fraction of sp³-hybridized carbons (Fsp3) is 0.857. The number of carboxylic acid groups (broad SMARTS) is 1. The molecule has 1 aliphatic heterocycles. The summed E-state index contributed by atoms with van der Waals surface area (Å²) in [5.74, 6) is 0.467. The molecule has 13 heavy (non-hydrogen) atoms. The van der Waals surface area contributed by atoms with Gasteiger partial charge in [0.2, 0.25) is 0 Å². The standard InChI is InChI=1S/C7H13NO4S/c9-7(10)8-3-1-6(2-4-8)5-13(11)12/h6H,1-5H2,(H,9,10)(H,11,12). The van der Waals surface area contributed by atoms with E-state index in [0.29, 0.717) is 25.9 Å². The molecular formula is C7H13NO4S. The van der Waals surface area contributed by atoms with E-state index < -0.39 is 17.2 Å². The lowest BCUT2D eigenvalue weighted by Gasteiger charge is -2.29. The molecule has 1 saturated heterocycles. The fourth-order valence-electron chi connectivity index (χ4n) is 1.49. The van der Waals surface area contributed by atoms with E-state index in [2.05, 4.69) is 0 Å². The Morgan fingerprint density at radius 2 is 2.00 bits per heavy atom. The Labute approximate surface area is 79.0 Å². The minimum absolute atomic E-state index is 0.196. The number of hydrogen-bond acceptors (Lipinski definition) is 2. The highest BCUT2D eigenvalue weighted by atomic mass is 32.2. The molecule has 0 spiro atoms. The van der Waals surface area contributed by atoms with Crippen LogP contribution in [0.1, 0.15) is 12.8 Å². The second-order valence-electron chi connectivity index (χ2n) is 3.20. The van der Waals surface area contributed by atoms with Crippen LogP contribution >= 0.6 is 0 Å².